The number of hydrogen-bond donors (Lipinski definition) is 1. The summed E-state index contributed by atoms with van der Waals surface area (Å²) in [6, 6.07) is 4.53. The molecule has 0 radical (unpaired) electrons. The maximum absolute atomic E-state index is 6.26. The predicted molar refractivity (Wildman–Crippen MR) is 90.2 cm³/mol. The minimum atomic E-state index is 0.536. The standard InChI is InChI=1S/C16H27ClN4/c1-4-9-18-11-15-14(17)7-8-16(19-15)21(3)13-6-5-10-20(2)12-13/h7-8,13,18H,4-6,9-12H2,1-3H3. The molecule has 0 aromatic carbocycles. The normalized spacial score (nSPS) is 19.7. The second-order valence-electron chi connectivity index (χ2n) is 5.94. The zero-order valence-corrected chi connectivity index (χ0v) is 14.2. The van der Waals surface area contributed by atoms with Gasteiger partial charge in [-0.1, -0.05) is 18.5 Å². The molecular formula is C16H27ClN4. The molecule has 0 amide bonds. The minimum absolute atomic E-state index is 0.536. The van der Waals surface area contributed by atoms with Crippen LogP contribution in [0.2, 0.25) is 5.02 Å². The Balaban J connectivity index is 2.06. The van der Waals surface area contributed by atoms with Crippen molar-refractivity contribution in [3.05, 3.63) is 22.8 Å². The van der Waals surface area contributed by atoms with Crippen LogP contribution in [0.3, 0.4) is 0 Å². The Morgan fingerprint density at radius 3 is 3.00 bits per heavy atom. The maximum atomic E-state index is 6.26. The van der Waals surface area contributed by atoms with Crippen molar-refractivity contribution in [3.8, 4) is 0 Å². The van der Waals surface area contributed by atoms with E-state index in [1.807, 2.05) is 12.1 Å². The van der Waals surface area contributed by atoms with Crippen LogP contribution in [0.1, 0.15) is 31.9 Å². The lowest BCUT2D eigenvalue weighted by Gasteiger charge is -2.36. The Labute approximate surface area is 133 Å². The number of hydrogen-bond acceptors (Lipinski definition) is 4. The number of likely N-dealkylation sites (N-methyl/N-ethyl adjacent to an activating group) is 2. The van der Waals surface area contributed by atoms with Crippen molar-refractivity contribution < 1.29 is 0 Å². The molecule has 5 heteroatoms. The number of likely N-dealkylation sites (tertiary alicyclic amines) is 1. The smallest absolute Gasteiger partial charge is 0.129 e. The van der Waals surface area contributed by atoms with E-state index in [1.165, 1.54) is 19.4 Å². The Morgan fingerprint density at radius 2 is 2.29 bits per heavy atom. The lowest BCUT2D eigenvalue weighted by molar-refractivity contribution is 0.247. The van der Waals surface area contributed by atoms with Crippen molar-refractivity contribution in [3.63, 3.8) is 0 Å². The van der Waals surface area contributed by atoms with E-state index in [1.54, 1.807) is 0 Å². The Kier molecular flexibility index (Phi) is 6.27. The molecule has 4 nitrogen and oxygen atoms in total. The van der Waals surface area contributed by atoms with Gasteiger partial charge in [-0.25, -0.2) is 4.98 Å². The average molecular weight is 311 g/mol. The molecular weight excluding hydrogens is 284 g/mol. The first kappa shape index (κ1) is 16.5. The number of nitrogens with one attached hydrogen (secondary N) is 1. The van der Waals surface area contributed by atoms with Crippen LogP contribution in [-0.4, -0.2) is 49.7 Å². The van der Waals surface area contributed by atoms with Crippen LogP contribution in [0.4, 0.5) is 5.82 Å². The summed E-state index contributed by atoms with van der Waals surface area (Å²) < 4.78 is 0. The van der Waals surface area contributed by atoms with Gasteiger partial charge in [-0.3, -0.25) is 0 Å². The largest absolute Gasteiger partial charge is 0.355 e. The molecule has 1 N–H and O–H groups in total. The van der Waals surface area contributed by atoms with Crippen molar-refractivity contribution >= 4 is 17.4 Å². The van der Waals surface area contributed by atoms with E-state index < -0.39 is 0 Å². The topological polar surface area (TPSA) is 31.4 Å². The molecule has 1 unspecified atom stereocenters. The summed E-state index contributed by atoms with van der Waals surface area (Å²) in [5.74, 6) is 1.02. The second kappa shape index (κ2) is 7.97. The highest BCUT2D eigenvalue weighted by Gasteiger charge is 2.22. The number of anilines is 1. The van der Waals surface area contributed by atoms with E-state index in [9.17, 15) is 0 Å². The van der Waals surface area contributed by atoms with Gasteiger partial charge in [0.15, 0.2) is 0 Å². The van der Waals surface area contributed by atoms with E-state index in [0.717, 1.165) is 42.6 Å². The quantitative estimate of drug-likeness (QED) is 0.819. The van der Waals surface area contributed by atoms with Crippen LogP contribution >= 0.6 is 11.6 Å². The first-order valence-corrected chi connectivity index (χ1v) is 8.27. The van der Waals surface area contributed by atoms with Gasteiger partial charge in [0.05, 0.1) is 10.7 Å². The number of piperidine rings is 1. The van der Waals surface area contributed by atoms with Gasteiger partial charge in [-0.15, -0.1) is 0 Å². The van der Waals surface area contributed by atoms with Gasteiger partial charge in [0.2, 0.25) is 0 Å². The molecule has 1 atom stereocenters. The predicted octanol–water partition coefficient (Wildman–Crippen LogP) is 2.77. The fourth-order valence-electron chi connectivity index (χ4n) is 2.82. The molecule has 0 aliphatic carbocycles. The summed E-state index contributed by atoms with van der Waals surface area (Å²) in [5.41, 5.74) is 0.943. The zero-order valence-electron chi connectivity index (χ0n) is 13.4. The number of halogens is 1. The van der Waals surface area contributed by atoms with Gasteiger partial charge in [-0.2, -0.15) is 0 Å². The minimum Gasteiger partial charge on any atom is -0.355 e. The molecule has 1 fully saturated rings. The maximum Gasteiger partial charge on any atom is 0.129 e. The van der Waals surface area contributed by atoms with E-state index in [2.05, 4.69) is 36.1 Å². The van der Waals surface area contributed by atoms with Crippen molar-refractivity contribution in [1.29, 1.82) is 0 Å². The Morgan fingerprint density at radius 1 is 1.48 bits per heavy atom. The number of nitrogens with zero attached hydrogens (tertiary/aromatic N) is 3. The summed E-state index contributed by atoms with van der Waals surface area (Å²) in [4.78, 5) is 9.45. The van der Waals surface area contributed by atoms with Crippen molar-refractivity contribution in [2.24, 2.45) is 0 Å². The molecule has 2 rings (SSSR count). The molecule has 1 aliphatic rings. The van der Waals surface area contributed by atoms with Crippen molar-refractivity contribution in [2.75, 3.05) is 38.6 Å². The van der Waals surface area contributed by atoms with Crippen LogP contribution in [-0.2, 0) is 6.54 Å². The molecule has 2 heterocycles. The van der Waals surface area contributed by atoms with Gasteiger partial charge < -0.3 is 15.1 Å². The third-order valence-corrected chi connectivity index (χ3v) is 4.48. The van der Waals surface area contributed by atoms with Crippen LogP contribution in [0.25, 0.3) is 0 Å². The monoisotopic (exact) mass is 310 g/mol. The summed E-state index contributed by atoms with van der Waals surface area (Å²) in [6.45, 7) is 6.19. The van der Waals surface area contributed by atoms with Gasteiger partial charge >= 0.3 is 0 Å². The summed E-state index contributed by atoms with van der Waals surface area (Å²) >= 11 is 6.26. The molecule has 0 bridgehead atoms. The van der Waals surface area contributed by atoms with Crippen LogP contribution in [0, 0.1) is 0 Å². The van der Waals surface area contributed by atoms with Gasteiger partial charge in [0.1, 0.15) is 5.82 Å². The second-order valence-corrected chi connectivity index (χ2v) is 6.35. The highest BCUT2D eigenvalue weighted by molar-refractivity contribution is 6.31. The highest BCUT2D eigenvalue weighted by Crippen LogP contribution is 2.23. The van der Waals surface area contributed by atoms with Gasteiger partial charge in [-0.05, 0) is 51.5 Å². The zero-order chi connectivity index (χ0) is 15.2. The number of aromatic nitrogens is 1. The molecule has 118 valence electrons. The molecule has 1 saturated heterocycles. The number of pyridine rings is 1. The third kappa shape index (κ3) is 4.56. The fourth-order valence-corrected chi connectivity index (χ4v) is 2.99. The first-order valence-electron chi connectivity index (χ1n) is 7.89. The molecule has 1 aliphatic heterocycles. The van der Waals surface area contributed by atoms with E-state index in [0.29, 0.717) is 6.04 Å². The van der Waals surface area contributed by atoms with Gasteiger partial charge in [0.25, 0.3) is 0 Å². The average Bonchev–Trinajstić information content (AvgIpc) is 2.48. The van der Waals surface area contributed by atoms with Crippen molar-refractivity contribution in [1.82, 2.24) is 15.2 Å². The van der Waals surface area contributed by atoms with Crippen LogP contribution in [0.5, 0.6) is 0 Å². The molecule has 0 saturated carbocycles. The molecule has 1 aromatic heterocycles. The summed E-state index contributed by atoms with van der Waals surface area (Å²) in [5, 5.41) is 4.12. The summed E-state index contributed by atoms with van der Waals surface area (Å²) in [7, 11) is 4.33. The first-order chi connectivity index (χ1) is 10.1. The number of rotatable bonds is 6. The van der Waals surface area contributed by atoms with E-state index in [-0.39, 0.29) is 0 Å². The lowest BCUT2D eigenvalue weighted by Crippen LogP contribution is -2.45. The lowest BCUT2D eigenvalue weighted by atomic mass is 10.1. The van der Waals surface area contributed by atoms with Crippen LogP contribution < -0.4 is 10.2 Å². The molecule has 21 heavy (non-hydrogen) atoms. The fraction of sp³-hybridized carbons (Fsp3) is 0.688. The molecule has 0 spiro atoms. The van der Waals surface area contributed by atoms with E-state index in [4.69, 9.17) is 16.6 Å². The SMILES string of the molecule is CCCNCc1nc(N(C)C2CCCN(C)C2)ccc1Cl. The van der Waals surface area contributed by atoms with Gasteiger partial charge in [0, 0.05) is 26.2 Å². The molecule has 1 aromatic rings. The van der Waals surface area contributed by atoms with Crippen LogP contribution in [0.15, 0.2) is 12.1 Å². The highest BCUT2D eigenvalue weighted by atomic mass is 35.5. The van der Waals surface area contributed by atoms with E-state index >= 15 is 0 Å². The summed E-state index contributed by atoms with van der Waals surface area (Å²) in [6.07, 6.45) is 3.60. The van der Waals surface area contributed by atoms with Crippen molar-refractivity contribution in [2.45, 2.75) is 38.8 Å². The Bertz CT molecular complexity index is 452. The third-order valence-electron chi connectivity index (χ3n) is 4.13. The Hall–Kier alpha value is -0.840.